The third-order valence-electron chi connectivity index (χ3n) is 4.87. The van der Waals surface area contributed by atoms with Crippen LogP contribution in [0.3, 0.4) is 0 Å². The van der Waals surface area contributed by atoms with Crippen LogP contribution in [0, 0.1) is 13.8 Å². The van der Waals surface area contributed by atoms with Gasteiger partial charge in [-0.1, -0.05) is 17.2 Å². The Morgan fingerprint density at radius 1 is 1.14 bits per heavy atom. The number of aryl methyl sites for hydroxylation is 2. The minimum atomic E-state index is -3.66. The van der Waals surface area contributed by atoms with Crippen LogP contribution in [0.1, 0.15) is 33.6 Å². The molecule has 1 aliphatic heterocycles. The number of hydrogen-bond donors (Lipinski definition) is 2. The van der Waals surface area contributed by atoms with E-state index in [9.17, 15) is 13.2 Å². The number of carbonyl (C=O) groups is 1. The summed E-state index contributed by atoms with van der Waals surface area (Å²) in [4.78, 5) is 13.0. The lowest BCUT2D eigenvalue weighted by molar-refractivity contribution is 0.102. The number of H-pyrrole nitrogens is 1. The number of rotatable bonds is 5. The molecule has 1 aliphatic rings. The van der Waals surface area contributed by atoms with Gasteiger partial charge in [-0.15, -0.1) is 11.3 Å². The first-order valence-electron chi connectivity index (χ1n) is 9.38. The Bertz CT molecular complexity index is 1140. The first kappa shape index (κ1) is 19.8. The van der Waals surface area contributed by atoms with Crippen molar-refractivity contribution in [2.24, 2.45) is 0 Å². The average Bonchev–Trinajstić information content (AvgIpc) is 3.41. The maximum Gasteiger partial charge on any atom is 0.268 e. The van der Waals surface area contributed by atoms with E-state index in [1.54, 1.807) is 11.4 Å². The Kier molecular flexibility index (Phi) is 5.28. The molecule has 3 heterocycles. The first-order chi connectivity index (χ1) is 13.8. The predicted molar refractivity (Wildman–Crippen MR) is 114 cm³/mol. The van der Waals surface area contributed by atoms with Gasteiger partial charge in [-0.05, 0) is 50.3 Å². The van der Waals surface area contributed by atoms with Crippen LogP contribution in [0.2, 0.25) is 0 Å². The van der Waals surface area contributed by atoms with Gasteiger partial charge >= 0.3 is 0 Å². The molecule has 152 valence electrons. The van der Waals surface area contributed by atoms with Crippen molar-refractivity contribution in [1.29, 1.82) is 0 Å². The molecular weight excluding hydrogens is 408 g/mol. The van der Waals surface area contributed by atoms with E-state index in [1.165, 1.54) is 10.4 Å². The highest BCUT2D eigenvalue weighted by Crippen LogP contribution is 2.29. The second-order valence-corrected chi connectivity index (χ2v) is 10.0. The van der Waals surface area contributed by atoms with Crippen LogP contribution in [0.4, 0.5) is 5.82 Å². The molecule has 0 radical (unpaired) electrons. The molecule has 4 rings (SSSR count). The van der Waals surface area contributed by atoms with Gasteiger partial charge in [0.05, 0.1) is 5.69 Å². The van der Waals surface area contributed by atoms with E-state index in [2.05, 4.69) is 21.6 Å². The normalized spacial score (nSPS) is 15.0. The van der Waals surface area contributed by atoms with Crippen LogP contribution >= 0.6 is 11.3 Å². The van der Waals surface area contributed by atoms with E-state index < -0.39 is 15.9 Å². The van der Waals surface area contributed by atoms with Crippen molar-refractivity contribution in [2.45, 2.75) is 31.6 Å². The number of amides is 1. The molecule has 3 aromatic rings. The first-order valence-corrected chi connectivity index (χ1v) is 11.7. The number of nitrogens with one attached hydrogen (secondary N) is 2. The molecule has 2 N–H and O–H groups in total. The van der Waals surface area contributed by atoms with E-state index in [0.29, 0.717) is 18.9 Å². The molecule has 0 bridgehead atoms. The van der Waals surface area contributed by atoms with Gasteiger partial charge in [0, 0.05) is 24.7 Å². The van der Waals surface area contributed by atoms with Crippen LogP contribution in [-0.4, -0.2) is 41.9 Å². The lowest BCUT2D eigenvalue weighted by Gasteiger charge is -2.15. The molecule has 0 unspecified atom stereocenters. The Labute approximate surface area is 173 Å². The minimum Gasteiger partial charge on any atom is -0.304 e. The van der Waals surface area contributed by atoms with Gasteiger partial charge < -0.3 is 5.32 Å². The summed E-state index contributed by atoms with van der Waals surface area (Å²) in [7, 11) is -3.66. The summed E-state index contributed by atoms with van der Waals surface area (Å²) in [6.45, 7) is 5.04. The summed E-state index contributed by atoms with van der Waals surface area (Å²) >= 11 is 1.11. The van der Waals surface area contributed by atoms with E-state index in [0.717, 1.165) is 46.6 Å². The van der Waals surface area contributed by atoms with Crippen LogP contribution in [-0.2, 0) is 10.0 Å². The van der Waals surface area contributed by atoms with E-state index in [4.69, 9.17) is 0 Å². The third-order valence-corrected chi connectivity index (χ3v) is 7.85. The zero-order valence-corrected chi connectivity index (χ0v) is 17.9. The Morgan fingerprint density at radius 2 is 1.83 bits per heavy atom. The molecule has 29 heavy (non-hydrogen) atoms. The van der Waals surface area contributed by atoms with Gasteiger partial charge in [0.25, 0.3) is 5.91 Å². The molecule has 7 nitrogen and oxygen atoms in total. The Morgan fingerprint density at radius 3 is 2.52 bits per heavy atom. The maximum absolute atomic E-state index is 12.9. The molecule has 1 aromatic carbocycles. The largest absolute Gasteiger partial charge is 0.304 e. The molecule has 1 amide bonds. The lowest BCUT2D eigenvalue weighted by atomic mass is 10.1. The zero-order chi connectivity index (χ0) is 20.6. The fraction of sp³-hybridized carbons (Fsp3) is 0.300. The smallest absolute Gasteiger partial charge is 0.268 e. The SMILES string of the molecule is Cc1cc(C)cc(-c2cc(NC(=O)c3sccc3S(=O)(=O)N3CCCC3)n[nH]2)c1. The van der Waals surface area contributed by atoms with Gasteiger partial charge in [0.1, 0.15) is 9.77 Å². The highest BCUT2D eigenvalue weighted by molar-refractivity contribution is 7.89. The summed E-state index contributed by atoms with van der Waals surface area (Å²) in [6.07, 6.45) is 1.69. The topological polar surface area (TPSA) is 95.2 Å². The standard InChI is InChI=1S/C20H22N4O3S2/c1-13-9-14(2)11-15(10-13)16-12-18(23-22-16)21-20(25)19-17(5-8-28-19)29(26,27)24-6-3-4-7-24/h5,8-12H,3-4,6-7H2,1-2H3,(H2,21,22,23,25). The number of aromatic nitrogens is 2. The number of thiophene rings is 1. The van der Waals surface area contributed by atoms with Gasteiger partial charge in [-0.2, -0.15) is 9.40 Å². The van der Waals surface area contributed by atoms with Gasteiger partial charge in [-0.3, -0.25) is 9.89 Å². The van der Waals surface area contributed by atoms with Crippen molar-refractivity contribution in [3.63, 3.8) is 0 Å². The van der Waals surface area contributed by atoms with Crippen molar-refractivity contribution in [1.82, 2.24) is 14.5 Å². The highest BCUT2D eigenvalue weighted by Gasteiger charge is 2.32. The molecule has 0 atom stereocenters. The number of aromatic amines is 1. The maximum atomic E-state index is 12.9. The number of anilines is 1. The fourth-order valence-electron chi connectivity index (χ4n) is 3.57. The number of benzene rings is 1. The number of carbonyl (C=O) groups excluding carboxylic acids is 1. The molecule has 0 spiro atoms. The second kappa shape index (κ2) is 7.74. The molecule has 9 heteroatoms. The summed E-state index contributed by atoms with van der Waals surface area (Å²) < 4.78 is 27.2. The number of nitrogens with zero attached hydrogens (tertiary/aromatic N) is 2. The highest BCUT2D eigenvalue weighted by atomic mass is 32.2. The van der Waals surface area contributed by atoms with E-state index in [1.807, 2.05) is 26.0 Å². The third kappa shape index (κ3) is 3.98. The van der Waals surface area contributed by atoms with Crippen molar-refractivity contribution < 1.29 is 13.2 Å². The predicted octanol–water partition coefficient (Wildman–Crippen LogP) is 3.79. The summed E-state index contributed by atoms with van der Waals surface area (Å²) in [6, 6.07) is 9.40. The molecule has 1 saturated heterocycles. The Hall–Kier alpha value is -2.49. The average molecular weight is 431 g/mol. The number of sulfonamides is 1. The Balaban J connectivity index is 1.56. The quantitative estimate of drug-likeness (QED) is 0.644. The molecule has 1 fully saturated rings. The summed E-state index contributed by atoms with van der Waals surface area (Å²) in [5.74, 6) is -0.127. The van der Waals surface area contributed by atoms with Crippen molar-refractivity contribution in [3.05, 3.63) is 51.7 Å². The summed E-state index contributed by atoms with van der Waals surface area (Å²) in [5.41, 5.74) is 4.03. The molecule has 0 aliphatic carbocycles. The lowest BCUT2D eigenvalue weighted by Crippen LogP contribution is -2.29. The molecular formula is C20H22N4O3S2. The van der Waals surface area contributed by atoms with Crippen molar-refractivity contribution in [2.75, 3.05) is 18.4 Å². The fourth-order valence-corrected chi connectivity index (χ4v) is 6.38. The monoisotopic (exact) mass is 430 g/mol. The van der Waals surface area contributed by atoms with Crippen molar-refractivity contribution >= 4 is 33.1 Å². The zero-order valence-electron chi connectivity index (χ0n) is 16.2. The van der Waals surface area contributed by atoms with E-state index >= 15 is 0 Å². The van der Waals surface area contributed by atoms with Gasteiger partial charge in [0.2, 0.25) is 10.0 Å². The van der Waals surface area contributed by atoms with Crippen LogP contribution < -0.4 is 5.32 Å². The molecule has 0 saturated carbocycles. The summed E-state index contributed by atoms with van der Waals surface area (Å²) in [5, 5.41) is 11.4. The van der Waals surface area contributed by atoms with Gasteiger partial charge in [0.15, 0.2) is 5.82 Å². The van der Waals surface area contributed by atoms with Crippen molar-refractivity contribution in [3.8, 4) is 11.3 Å². The molecule has 2 aromatic heterocycles. The van der Waals surface area contributed by atoms with Gasteiger partial charge in [-0.25, -0.2) is 8.42 Å². The van der Waals surface area contributed by atoms with Crippen LogP contribution in [0.15, 0.2) is 40.6 Å². The van der Waals surface area contributed by atoms with E-state index in [-0.39, 0.29) is 9.77 Å². The van der Waals surface area contributed by atoms with Crippen LogP contribution in [0.25, 0.3) is 11.3 Å². The van der Waals surface area contributed by atoms with Crippen LogP contribution in [0.5, 0.6) is 0 Å². The number of hydrogen-bond acceptors (Lipinski definition) is 5. The minimum absolute atomic E-state index is 0.0620. The second-order valence-electron chi connectivity index (χ2n) is 7.22.